The first-order valence-electron chi connectivity index (χ1n) is 5.80. The zero-order valence-corrected chi connectivity index (χ0v) is 12.1. The molecule has 0 fully saturated rings. The number of hydrogen-bond donors (Lipinski definition) is 1. The number of carbonyl (C=O) groups excluding carboxylic acids is 1. The number of aromatic nitrogens is 2. The molecule has 0 spiro atoms. The molecule has 100 valence electrons. The number of methoxy groups -OCH3 is 1. The molecule has 1 N–H and O–H groups in total. The number of benzene rings is 1. The van der Waals surface area contributed by atoms with Gasteiger partial charge in [0, 0.05) is 23.4 Å². The molecular weight excluding hydrogens is 310 g/mol. The van der Waals surface area contributed by atoms with Crippen molar-refractivity contribution in [2.75, 3.05) is 13.7 Å². The molecule has 2 aromatic rings. The molecule has 1 heterocycles. The minimum atomic E-state index is -0.156. The van der Waals surface area contributed by atoms with Gasteiger partial charge in [-0.25, -0.2) is 0 Å². The molecule has 0 aliphatic carbocycles. The van der Waals surface area contributed by atoms with Gasteiger partial charge >= 0.3 is 0 Å². The van der Waals surface area contributed by atoms with E-state index in [4.69, 9.17) is 4.74 Å². The quantitative estimate of drug-likeness (QED) is 0.916. The second kappa shape index (κ2) is 6.38. The molecule has 19 heavy (non-hydrogen) atoms. The first kappa shape index (κ1) is 13.6. The molecule has 0 atom stereocenters. The molecule has 0 radical (unpaired) electrons. The maximum Gasteiger partial charge on any atom is 0.255 e. The summed E-state index contributed by atoms with van der Waals surface area (Å²) in [7, 11) is 1.54. The number of carbonyl (C=O) groups is 1. The first-order chi connectivity index (χ1) is 9.20. The van der Waals surface area contributed by atoms with Crippen LogP contribution >= 0.6 is 15.9 Å². The molecule has 0 saturated heterocycles. The van der Waals surface area contributed by atoms with Gasteiger partial charge in [-0.15, -0.1) is 0 Å². The fraction of sp³-hybridized carbons (Fsp3) is 0.231. The summed E-state index contributed by atoms with van der Waals surface area (Å²) in [4.78, 5) is 12.0. The number of amides is 1. The van der Waals surface area contributed by atoms with Crippen molar-refractivity contribution in [2.45, 2.75) is 6.54 Å². The molecule has 1 amide bonds. The predicted molar refractivity (Wildman–Crippen MR) is 75.3 cm³/mol. The van der Waals surface area contributed by atoms with Crippen LogP contribution in [0.2, 0.25) is 0 Å². The second-order valence-electron chi connectivity index (χ2n) is 3.87. The van der Waals surface area contributed by atoms with Crippen LogP contribution in [0.4, 0.5) is 0 Å². The number of halogens is 1. The minimum absolute atomic E-state index is 0.156. The predicted octanol–water partition coefficient (Wildman–Crippen LogP) is 2.08. The lowest BCUT2D eigenvalue weighted by Crippen LogP contribution is -2.27. The molecule has 0 aliphatic rings. The molecular formula is C13H14BrN3O2. The van der Waals surface area contributed by atoms with Gasteiger partial charge in [0.05, 0.1) is 19.2 Å². The zero-order chi connectivity index (χ0) is 13.7. The maximum atomic E-state index is 12.0. The van der Waals surface area contributed by atoms with Crippen molar-refractivity contribution in [3.63, 3.8) is 0 Å². The van der Waals surface area contributed by atoms with Crippen molar-refractivity contribution in [3.8, 4) is 5.75 Å². The number of hydrogen-bond acceptors (Lipinski definition) is 3. The van der Waals surface area contributed by atoms with E-state index >= 15 is 0 Å². The van der Waals surface area contributed by atoms with E-state index < -0.39 is 0 Å². The average Bonchev–Trinajstić information content (AvgIpc) is 2.91. The van der Waals surface area contributed by atoms with Gasteiger partial charge in [-0.05, 0) is 24.3 Å². The van der Waals surface area contributed by atoms with Crippen molar-refractivity contribution >= 4 is 21.8 Å². The van der Waals surface area contributed by atoms with E-state index in [0.717, 1.165) is 4.47 Å². The maximum absolute atomic E-state index is 12.0. The van der Waals surface area contributed by atoms with Crippen LogP contribution in [-0.2, 0) is 6.54 Å². The summed E-state index contributed by atoms with van der Waals surface area (Å²) in [5.41, 5.74) is 0.520. The van der Waals surface area contributed by atoms with Crippen LogP contribution in [-0.4, -0.2) is 29.3 Å². The Bertz CT molecular complexity index is 555. The van der Waals surface area contributed by atoms with Crippen LogP contribution in [0, 0.1) is 0 Å². The number of ether oxygens (including phenoxy) is 1. The van der Waals surface area contributed by atoms with Crippen LogP contribution in [0.1, 0.15) is 10.4 Å². The van der Waals surface area contributed by atoms with Crippen LogP contribution < -0.4 is 10.1 Å². The van der Waals surface area contributed by atoms with E-state index in [9.17, 15) is 4.79 Å². The van der Waals surface area contributed by atoms with E-state index in [0.29, 0.717) is 24.4 Å². The lowest BCUT2D eigenvalue weighted by molar-refractivity contribution is 0.0949. The Morgan fingerprint density at radius 3 is 3.05 bits per heavy atom. The zero-order valence-electron chi connectivity index (χ0n) is 10.5. The van der Waals surface area contributed by atoms with Crippen molar-refractivity contribution in [2.24, 2.45) is 0 Å². The molecule has 0 saturated carbocycles. The van der Waals surface area contributed by atoms with E-state index in [1.165, 1.54) is 0 Å². The molecule has 1 aromatic carbocycles. The third kappa shape index (κ3) is 3.57. The van der Waals surface area contributed by atoms with E-state index in [1.807, 2.05) is 18.3 Å². The van der Waals surface area contributed by atoms with Gasteiger partial charge < -0.3 is 10.1 Å². The van der Waals surface area contributed by atoms with Crippen molar-refractivity contribution in [1.82, 2.24) is 15.1 Å². The highest BCUT2D eigenvalue weighted by Crippen LogP contribution is 2.23. The second-order valence-corrected chi connectivity index (χ2v) is 4.79. The third-order valence-corrected chi connectivity index (χ3v) is 3.09. The monoisotopic (exact) mass is 323 g/mol. The summed E-state index contributed by atoms with van der Waals surface area (Å²) >= 11 is 3.34. The van der Waals surface area contributed by atoms with Crippen LogP contribution in [0.25, 0.3) is 0 Å². The smallest absolute Gasteiger partial charge is 0.255 e. The number of nitrogens with one attached hydrogen (secondary N) is 1. The highest BCUT2D eigenvalue weighted by atomic mass is 79.9. The van der Waals surface area contributed by atoms with Gasteiger partial charge in [0.1, 0.15) is 5.75 Å². The lowest BCUT2D eigenvalue weighted by Gasteiger charge is -2.09. The normalized spacial score (nSPS) is 10.2. The fourth-order valence-corrected chi connectivity index (χ4v) is 2.00. The van der Waals surface area contributed by atoms with Gasteiger partial charge in [-0.3, -0.25) is 9.48 Å². The Hall–Kier alpha value is -1.82. The first-order valence-corrected chi connectivity index (χ1v) is 6.59. The molecule has 6 heteroatoms. The van der Waals surface area contributed by atoms with Crippen molar-refractivity contribution in [3.05, 3.63) is 46.7 Å². The molecule has 0 bridgehead atoms. The average molecular weight is 324 g/mol. The molecule has 2 rings (SSSR count). The summed E-state index contributed by atoms with van der Waals surface area (Å²) in [6.45, 7) is 1.15. The molecule has 0 unspecified atom stereocenters. The summed E-state index contributed by atoms with van der Waals surface area (Å²) in [6, 6.07) is 7.15. The summed E-state index contributed by atoms with van der Waals surface area (Å²) < 4.78 is 7.83. The Labute approximate surface area is 119 Å². The minimum Gasteiger partial charge on any atom is -0.496 e. The summed E-state index contributed by atoms with van der Waals surface area (Å²) in [5, 5.41) is 6.90. The highest BCUT2D eigenvalue weighted by Gasteiger charge is 2.11. The number of nitrogens with zero attached hydrogens (tertiary/aromatic N) is 2. The Morgan fingerprint density at radius 1 is 1.53 bits per heavy atom. The van der Waals surface area contributed by atoms with Crippen LogP contribution in [0.15, 0.2) is 41.1 Å². The molecule has 5 nitrogen and oxygen atoms in total. The van der Waals surface area contributed by atoms with Gasteiger partial charge in [0.15, 0.2) is 0 Å². The van der Waals surface area contributed by atoms with E-state index in [-0.39, 0.29) is 5.91 Å². The van der Waals surface area contributed by atoms with Gasteiger partial charge in [-0.1, -0.05) is 15.9 Å². The van der Waals surface area contributed by atoms with Gasteiger partial charge in [0.25, 0.3) is 5.91 Å². The fourth-order valence-electron chi connectivity index (χ4n) is 1.66. The molecule has 1 aromatic heterocycles. The summed E-state index contributed by atoms with van der Waals surface area (Å²) in [5.74, 6) is 0.391. The van der Waals surface area contributed by atoms with Gasteiger partial charge in [0.2, 0.25) is 0 Å². The standard InChI is InChI=1S/C13H14BrN3O2/c1-19-12-9-10(14)3-4-11(12)13(18)15-6-8-17-7-2-5-16-17/h2-5,7,9H,6,8H2,1H3,(H,15,18). The largest absolute Gasteiger partial charge is 0.496 e. The van der Waals surface area contributed by atoms with Gasteiger partial charge in [-0.2, -0.15) is 5.10 Å². The summed E-state index contributed by atoms with van der Waals surface area (Å²) in [6.07, 6.45) is 3.56. The third-order valence-electron chi connectivity index (χ3n) is 2.59. The SMILES string of the molecule is COc1cc(Br)ccc1C(=O)NCCn1cccn1. The van der Waals surface area contributed by atoms with Crippen molar-refractivity contribution in [1.29, 1.82) is 0 Å². The van der Waals surface area contributed by atoms with Crippen molar-refractivity contribution < 1.29 is 9.53 Å². The Balaban J connectivity index is 1.96. The van der Waals surface area contributed by atoms with Crippen LogP contribution in [0.5, 0.6) is 5.75 Å². The van der Waals surface area contributed by atoms with Crippen LogP contribution in [0.3, 0.4) is 0 Å². The van der Waals surface area contributed by atoms with E-state index in [2.05, 4.69) is 26.3 Å². The highest BCUT2D eigenvalue weighted by molar-refractivity contribution is 9.10. The number of rotatable bonds is 5. The Morgan fingerprint density at radius 2 is 2.37 bits per heavy atom. The topological polar surface area (TPSA) is 56.1 Å². The Kier molecular flexibility index (Phi) is 4.57. The lowest BCUT2D eigenvalue weighted by atomic mass is 10.2. The van der Waals surface area contributed by atoms with E-state index in [1.54, 1.807) is 30.1 Å². The molecule has 0 aliphatic heterocycles.